The average molecular weight is 323 g/mol. The predicted molar refractivity (Wildman–Crippen MR) is 89.5 cm³/mol. The van der Waals surface area contributed by atoms with Crippen LogP contribution >= 0.6 is 11.6 Å². The fourth-order valence-electron chi connectivity index (χ4n) is 2.57. The summed E-state index contributed by atoms with van der Waals surface area (Å²) in [6, 6.07) is 5.32. The molecule has 1 N–H and O–H groups in total. The topological polar surface area (TPSA) is 50.7 Å². The fourth-order valence-corrected chi connectivity index (χ4v) is 2.80. The van der Waals surface area contributed by atoms with Crippen LogP contribution in [0.3, 0.4) is 0 Å². The van der Waals surface area contributed by atoms with Gasteiger partial charge >= 0.3 is 0 Å². The van der Waals surface area contributed by atoms with Gasteiger partial charge in [-0.25, -0.2) is 5.43 Å². The molecular weight excluding hydrogens is 300 g/mol. The maximum atomic E-state index is 12.0. The zero-order valence-electron chi connectivity index (χ0n) is 13.1. The number of rotatable bonds is 5. The molecule has 0 radical (unpaired) electrons. The standard InChI is InChI=1S/C17H23ClN2O2/c1-12-10-15(18)8-9-16(12)22-13(2)17(21)20-19-11-14-6-4-3-5-7-14/h8-11,13-14H,3-7H2,1-2H3,(H,20,21)/b19-11+. The molecule has 0 spiro atoms. The number of ether oxygens (including phenoxy) is 1. The van der Waals surface area contributed by atoms with Crippen LogP contribution in [0, 0.1) is 12.8 Å². The molecule has 2 rings (SSSR count). The number of aryl methyl sites for hydroxylation is 1. The fraction of sp³-hybridized carbons (Fsp3) is 0.529. The number of nitrogens with one attached hydrogen (secondary N) is 1. The molecule has 1 aliphatic rings. The van der Waals surface area contributed by atoms with Crippen molar-refractivity contribution in [2.45, 2.75) is 52.1 Å². The Hall–Kier alpha value is -1.55. The largest absolute Gasteiger partial charge is 0.481 e. The van der Waals surface area contributed by atoms with E-state index < -0.39 is 6.10 Å². The normalized spacial score (nSPS) is 17.4. The van der Waals surface area contributed by atoms with Gasteiger partial charge in [0.15, 0.2) is 6.10 Å². The predicted octanol–water partition coefficient (Wildman–Crippen LogP) is 4.10. The summed E-state index contributed by atoms with van der Waals surface area (Å²) < 4.78 is 5.66. The Labute approximate surface area is 136 Å². The van der Waals surface area contributed by atoms with Crippen LogP contribution in [-0.2, 0) is 4.79 Å². The van der Waals surface area contributed by atoms with Gasteiger partial charge in [-0.15, -0.1) is 0 Å². The van der Waals surface area contributed by atoms with E-state index in [1.165, 1.54) is 19.3 Å². The number of hydrazone groups is 1. The lowest BCUT2D eigenvalue weighted by Gasteiger charge is -2.17. The number of amides is 1. The van der Waals surface area contributed by atoms with E-state index in [9.17, 15) is 4.79 Å². The maximum absolute atomic E-state index is 12.0. The second kappa shape index (κ2) is 8.18. The van der Waals surface area contributed by atoms with Gasteiger partial charge < -0.3 is 4.74 Å². The van der Waals surface area contributed by atoms with Crippen molar-refractivity contribution >= 4 is 23.7 Å². The van der Waals surface area contributed by atoms with Crippen molar-refractivity contribution < 1.29 is 9.53 Å². The molecule has 1 unspecified atom stereocenters. The van der Waals surface area contributed by atoms with E-state index in [-0.39, 0.29) is 5.91 Å². The summed E-state index contributed by atoms with van der Waals surface area (Å²) in [5, 5.41) is 4.72. The van der Waals surface area contributed by atoms with Gasteiger partial charge in [-0.1, -0.05) is 30.9 Å². The summed E-state index contributed by atoms with van der Waals surface area (Å²) >= 11 is 5.90. The van der Waals surface area contributed by atoms with Crippen LogP contribution in [0.4, 0.5) is 0 Å². The molecule has 1 aromatic rings. The van der Waals surface area contributed by atoms with Crippen molar-refractivity contribution in [2.24, 2.45) is 11.0 Å². The van der Waals surface area contributed by atoms with E-state index in [4.69, 9.17) is 16.3 Å². The van der Waals surface area contributed by atoms with Gasteiger partial charge in [-0.05, 0) is 56.4 Å². The molecule has 4 nitrogen and oxygen atoms in total. The van der Waals surface area contributed by atoms with Crippen molar-refractivity contribution in [2.75, 3.05) is 0 Å². The van der Waals surface area contributed by atoms with Gasteiger partial charge in [-0.3, -0.25) is 4.79 Å². The molecule has 0 aliphatic heterocycles. The van der Waals surface area contributed by atoms with Crippen LogP contribution in [-0.4, -0.2) is 18.2 Å². The molecule has 1 saturated carbocycles. The van der Waals surface area contributed by atoms with Crippen molar-refractivity contribution in [1.82, 2.24) is 5.43 Å². The van der Waals surface area contributed by atoms with Gasteiger partial charge in [0.1, 0.15) is 5.75 Å². The average Bonchev–Trinajstić information content (AvgIpc) is 2.51. The van der Waals surface area contributed by atoms with Gasteiger partial charge in [0.05, 0.1) is 0 Å². The first-order valence-electron chi connectivity index (χ1n) is 7.82. The van der Waals surface area contributed by atoms with E-state index in [0.29, 0.717) is 16.7 Å². The third kappa shape index (κ3) is 5.02. The number of hydrogen-bond acceptors (Lipinski definition) is 3. The third-order valence-corrected chi connectivity index (χ3v) is 4.15. The summed E-state index contributed by atoms with van der Waals surface area (Å²) in [5.74, 6) is 0.897. The minimum atomic E-state index is -0.608. The van der Waals surface area contributed by atoms with Crippen LogP contribution in [0.2, 0.25) is 5.02 Å². The van der Waals surface area contributed by atoms with Crippen molar-refractivity contribution in [3.05, 3.63) is 28.8 Å². The molecule has 1 atom stereocenters. The zero-order chi connectivity index (χ0) is 15.9. The third-order valence-electron chi connectivity index (χ3n) is 3.92. The summed E-state index contributed by atoms with van der Waals surface area (Å²) in [6.07, 6.45) is 7.38. The Kier molecular flexibility index (Phi) is 6.25. The van der Waals surface area contributed by atoms with Crippen molar-refractivity contribution in [3.63, 3.8) is 0 Å². The number of carbonyl (C=O) groups excluding carboxylic acids is 1. The Morgan fingerprint density at radius 3 is 2.82 bits per heavy atom. The molecule has 5 heteroatoms. The molecule has 1 aliphatic carbocycles. The highest BCUT2D eigenvalue weighted by molar-refractivity contribution is 6.30. The number of benzene rings is 1. The quantitative estimate of drug-likeness (QED) is 0.655. The number of halogens is 1. The van der Waals surface area contributed by atoms with Crippen LogP contribution in [0.5, 0.6) is 5.75 Å². The molecule has 0 heterocycles. The van der Waals surface area contributed by atoms with Crippen LogP contribution in [0.25, 0.3) is 0 Å². The Morgan fingerprint density at radius 1 is 1.41 bits per heavy atom. The molecule has 1 fully saturated rings. The Bertz CT molecular complexity index is 539. The molecule has 1 amide bonds. The minimum absolute atomic E-state index is 0.249. The summed E-state index contributed by atoms with van der Waals surface area (Å²) in [6.45, 7) is 3.60. The van der Waals surface area contributed by atoms with E-state index in [0.717, 1.165) is 18.4 Å². The van der Waals surface area contributed by atoms with E-state index in [1.54, 1.807) is 19.1 Å². The highest BCUT2D eigenvalue weighted by Gasteiger charge is 2.16. The number of carbonyl (C=O) groups is 1. The highest BCUT2D eigenvalue weighted by atomic mass is 35.5. The van der Waals surface area contributed by atoms with Gasteiger partial charge in [0.2, 0.25) is 0 Å². The van der Waals surface area contributed by atoms with E-state index >= 15 is 0 Å². The smallest absolute Gasteiger partial charge is 0.280 e. The summed E-state index contributed by atoms with van der Waals surface area (Å²) in [7, 11) is 0. The second-order valence-corrected chi connectivity index (χ2v) is 6.26. The maximum Gasteiger partial charge on any atom is 0.280 e. The van der Waals surface area contributed by atoms with E-state index in [2.05, 4.69) is 10.5 Å². The minimum Gasteiger partial charge on any atom is -0.481 e. The molecule has 0 saturated heterocycles. The Balaban J connectivity index is 1.82. The first-order valence-corrected chi connectivity index (χ1v) is 8.20. The second-order valence-electron chi connectivity index (χ2n) is 5.82. The van der Waals surface area contributed by atoms with E-state index in [1.807, 2.05) is 19.2 Å². The number of hydrogen-bond donors (Lipinski definition) is 1. The van der Waals surface area contributed by atoms with Crippen molar-refractivity contribution in [1.29, 1.82) is 0 Å². The zero-order valence-corrected chi connectivity index (χ0v) is 13.9. The van der Waals surface area contributed by atoms with Crippen molar-refractivity contribution in [3.8, 4) is 5.75 Å². The van der Waals surface area contributed by atoms with Crippen LogP contribution in [0.15, 0.2) is 23.3 Å². The van der Waals surface area contributed by atoms with Crippen LogP contribution in [0.1, 0.15) is 44.6 Å². The molecule has 0 bridgehead atoms. The SMILES string of the molecule is Cc1cc(Cl)ccc1OC(C)C(=O)N/N=C/C1CCCCC1. The molecule has 22 heavy (non-hydrogen) atoms. The van der Waals surface area contributed by atoms with Gasteiger partial charge in [-0.2, -0.15) is 5.10 Å². The lowest BCUT2D eigenvalue weighted by Crippen LogP contribution is -2.33. The molecular formula is C17H23ClN2O2. The van der Waals surface area contributed by atoms with Gasteiger partial charge in [0, 0.05) is 11.2 Å². The molecule has 1 aromatic carbocycles. The first-order chi connectivity index (χ1) is 10.6. The highest BCUT2D eigenvalue weighted by Crippen LogP contribution is 2.23. The molecule has 120 valence electrons. The van der Waals surface area contributed by atoms with Gasteiger partial charge in [0.25, 0.3) is 5.91 Å². The monoisotopic (exact) mass is 322 g/mol. The lowest BCUT2D eigenvalue weighted by molar-refractivity contribution is -0.127. The summed E-state index contributed by atoms with van der Waals surface area (Å²) in [4.78, 5) is 12.0. The summed E-state index contributed by atoms with van der Waals surface area (Å²) in [5.41, 5.74) is 3.46. The van der Waals surface area contributed by atoms with Crippen LogP contribution < -0.4 is 10.2 Å². The lowest BCUT2D eigenvalue weighted by atomic mass is 9.90. The Morgan fingerprint density at radius 2 is 2.14 bits per heavy atom. The molecule has 0 aromatic heterocycles. The number of nitrogens with zero attached hydrogens (tertiary/aromatic N) is 1. The first kappa shape index (κ1) is 16.8.